The third-order valence-electron chi connectivity index (χ3n) is 2.60. The molecule has 2 aromatic heterocycles. The number of nitrogens with one attached hydrogen (secondary N) is 1. The zero-order valence-corrected chi connectivity index (χ0v) is 12.6. The summed E-state index contributed by atoms with van der Waals surface area (Å²) in [4.78, 5) is 4.90. The molecule has 4 nitrogen and oxygen atoms in total. The van der Waals surface area contributed by atoms with E-state index in [4.69, 9.17) is 11.6 Å². The summed E-state index contributed by atoms with van der Waals surface area (Å²) in [5.74, 6) is 0. The summed E-state index contributed by atoms with van der Waals surface area (Å²) in [6, 6.07) is 6.50. The van der Waals surface area contributed by atoms with Gasteiger partial charge in [-0.15, -0.1) is 11.3 Å². The summed E-state index contributed by atoms with van der Waals surface area (Å²) < 4.78 is 27.1. The van der Waals surface area contributed by atoms with Crippen molar-refractivity contribution in [2.75, 3.05) is 0 Å². The van der Waals surface area contributed by atoms with Gasteiger partial charge in [0.2, 0.25) is 10.0 Å². The molecule has 0 saturated carbocycles. The molecule has 0 amide bonds. The van der Waals surface area contributed by atoms with Crippen LogP contribution in [0.25, 0.3) is 0 Å². The Balaban J connectivity index is 2.23. The van der Waals surface area contributed by atoms with Crippen molar-refractivity contribution in [2.45, 2.75) is 24.3 Å². The number of rotatable bonds is 5. The first-order chi connectivity index (χ1) is 9.03. The Hall–Kier alpha value is -0.950. The molecule has 19 heavy (non-hydrogen) atoms. The van der Waals surface area contributed by atoms with Crippen molar-refractivity contribution < 1.29 is 8.42 Å². The third-order valence-corrected chi connectivity index (χ3v) is 5.27. The molecule has 102 valence electrons. The smallest absolute Gasteiger partial charge is 0.242 e. The van der Waals surface area contributed by atoms with Gasteiger partial charge < -0.3 is 0 Å². The van der Waals surface area contributed by atoms with Gasteiger partial charge in [-0.05, 0) is 30.0 Å². The number of aromatic nitrogens is 1. The van der Waals surface area contributed by atoms with Crippen LogP contribution in [-0.2, 0) is 10.0 Å². The van der Waals surface area contributed by atoms with Crippen LogP contribution in [0.15, 0.2) is 40.7 Å². The maximum atomic E-state index is 12.2. The lowest BCUT2D eigenvalue weighted by atomic mass is 10.2. The number of hydrogen-bond acceptors (Lipinski definition) is 4. The fourth-order valence-corrected chi connectivity index (χ4v) is 3.90. The molecule has 0 fully saturated rings. The van der Waals surface area contributed by atoms with E-state index in [-0.39, 0.29) is 16.1 Å². The molecule has 2 rings (SSSR count). The van der Waals surface area contributed by atoms with Crippen LogP contribution in [0, 0.1) is 0 Å². The molecular formula is C12H13ClN2O2S2. The Labute approximate surface area is 121 Å². The van der Waals surface area contributed by atoms with E-state index in [1.165, 1.54) is 29.7 Å². The fourth-order valence-electron chi connectivity index (χ4n) is 1.61. The van der Waals surface area contributed by atoms with Gasteiger partial charge in [0.05, 0.1) is 6.04 Å². The van der Waals surface area contributed by atoms with Gasteiger partial charge in [0, 0.05) is 11.1 Å². The molecule has 1 unspecified atom stereocenters. The van der Waals surface area contributed by atoms with E-state index in [0.717, 1.165) is 4.88 Å². The summed E-state index contributed by atoms with van der Waals surface area (Å²) in [5, 5.41) is 2.19. The highest BCUT2D eigenvalue weighted by Gasteiger charge is 2.21. The third kappa shape index (κ3) is 3.54. The second-order valence-corrected chi connectivity index (χ2v) is 6.99. The fraction of sp³-hybridized carbons (Fsp3) is 0.250. The number of pyridine rings is 1. The zero-order chi connectivity index (χ0) is 13.9. The molecule has 0 aliphatic rings. The molecule has 2 aromatic rings. The lowest BCUT2D eigenvalue weighted by Crippen LogP contribution is -2.27. The van der Waals surface area contributed by atoms with Gasteiger partial charge in [-0.25, -0.2) is 18.1 Å². The number of hydrogen-bond donors (Lipinski definition) is 1. The zero-order valence-electron chi connectivity index (χ0n) is 10.2. The summed E-state index contributed by atoms with van der Waals surface area (Å²) in [7, 11) is -3.58. The summed E-state index contributed by atoms with van der Waals surface area (Å²) in [6.07, 6.45) is 1.94. The van der Waals surface area contributed by atoms with Gasteiger partial charge in [0.1, 0.15) is 10.0 Å². The van der Waals surface area contributed by atoms with Gasteiger partial charge in [-0.3, -0.25) is 0 Å². The van der Waals surface area contributed by atoms with Crippen LogP contribution in [0.2, 0.25) is 5.15 Å². The number of sulfonamides is 1. The lowest BCUT2D eigenvalue weighted by molar-refractivity contribution is 0.553. The van der Waals surface area contributed by atoms with E-state index in [1.54, 1.807) is 0 Å². The molecule has 0 spiro atoms. The molecule has 0 saturated heterocycles. The van der Waals surface area contributed by atoms with Crippen molar-refractivity contribution in [1.82, 2.24) is 9.71 Å². The van der Waals surface area contributed by atoms with Gasteiger partial charge >= 0.3 is 0 Å². The van der Waals surface area contributed by atoms with E-state index >= 15 is 0 Å². The topological polar surface area (TPSA) is 59.1 Å². The first kappa shape index (κ1) is 14.5. The second kappa shape index (κ2) is 6.00. The number of halogens is 1. The first-order valence-corrected chi connectivity index (χ1v) is 8.44. The van der Waals surface area contributed by atoms with E-state index < -0.39 is 10.0 Å². The molecule has 0 aromatic carbocycles. The minimum atomic E-state index is -3.58. The number of thiophene rings is 1. The normalized spacial score (nSPS) is 13.4. The van der Waals surface area contributed by atoms with Crippen LogP contribution in [-0.4, -0.2) is 13.4 Å². The highest BCUT2D eigenvalue weighted by Crippen LogP contribution is 2.24. The quantitative estimate of drug-likeness (QED) is 0.862. The molecular weight excluding hydrogens is 304 g/mol. The Morgan fingerprint density at radius 2 is 2.21 bits per heavy atom. The van der Waals surface area contributed by atoms with Crippen molar-refractivity contribution in [3.8, 4) is 0 Å². The molecule has 1 N–H and O–H groups in total. The average Bonchev–Trinajstić information content (AvgIpc) is 2.90. The van der Waals surface area contributed by atoms with Crippen molar-refractivity contribution in [2.24, 2.45) is 0 Å². The van der Waals surface area contributed by atoms with Gasteiger partial charge in [-0.1, -0.05) is 24.6 Å². The SMILES string of the molecule is CCC(NS(=O)(=O)c1ccc(Cl)nc1)c1cccs1. The minimum absolute atomic E-state index is 0.118. The van der Waals surface area contributed by atoms with Gasteiger partial charge in [-0.2, -0.15) is 0 Å². The van der Waals surface area contributed by atoms with Gasteiger partial charge in [0.15, 0.2) is 0 Å². The van der Waals surface area contributed by atoms with Gasteiger partial charge in [0.25, 0.3) is 0 Å². The van der Waals surface area contributed by atoms with Crippen molar-refractivity contribution in [3.63, 3.8) is 0 Å². The Morgan fingerprint density at radius 1 is 1.42 bits per heavy atom. The van der Waals surface area contributed by atoms with Crippen LogP contribution < -0.4 is 4.72 Å². The van der Waals surface area contributed by atoms with Crippen molar-refractivity contribution >= 4 is 33.0 Å². The van der Waals surface area contributed by atoms with Crippen LogP contribution >= 0.6 is 22.9 Å². The first-order valence-electron chi connectivity index (χ1n) is 5.70. The largest absolute Gasteiger partial charge is 0.243 e. The minimum Gasteiger partial charge on any atom is -0.243 e. The maximum Gasteiger partial charge on any atom is 0.242 e. The lowest BCUT2D eigenvalue weighted by Gasteiger charge is -2.15. The summed E-state index contributed by atoms with van der Waals surface area (Å²) >= 11 is 7.18. The second-order valence-electron chi connectivity index (χ2n) is 3.91. The average molecular weight is 317 g/mol. The Morgan fingerprint density at radius 3 is 2.74 bits per heavy atom. The van der Waals surface area contributed by atoms with E-state index in [1.807, 2.05) is 24.4 Å². The Kier molecular flexibility index (Phi) is 4.57. The van der Waals surface area contributed by atoms with E-state index in [2.05, 4.69) is 9.71 Å². The summed E-state index contributed by atoms with van der Waals surface area (Å²) in [6.45, 7) is 1.94. The highest BCUT2D eigenvalue weighted by atomic mass is 35.5. The predicted octanol–water partition coefficient (Wildman–Crippen LogP) is 3.23. The molecule has 2 heterocycles. The standard InChI is InChI=1S/C12H13ClN2O2S2/c1-2-10(11-4-3-7-18-11)15-19(16,17)9-5-6-12(13)14-8-9/h3-8,10,15H,2H2,1H3. The van der Waals surface area contributed by atoms with E-state index in [0.29, 0.717) is 6.42 Å². The molecule has 7 heteroatoms. The number of nitrogens with zero attached hydrogens (tertiary/aromatic N) is 1. The Bertz CT molecular complexity index is 624. The molecule has 1 atom stereocenters. The molecule has 0 aliphatic heterocycles. The molecule has 0 aliphatic carbocycles. The predicted molar refractivity (Wildman–Crippen MR) is 76.9 cm³/mol. The van der Waals surface area contributed by atoms with Crippen molar-refractivity contribution in [3.05, 3.63) is 45.9 Å². The monoisotopic (exact) mass is 316 g/mol. The van der Waals surface area contributed by atoms with Crippen molar-refractivity contribution in [1.29, 1.82) is 0 Å². The molecule has 0 bridgehead atoms. The summed E-state index contributed by atoms with van der Waals surface area (Å²) in [5.41, 5.74) is 0. The van der Waals surface area contributed by atoms with Crippen LogP contribution in [0.4, 0.5) is 0 Å². The molecule has 0 radical (unpaired) electrons. The van der Waals surface area contributed by atoms with Crippen LogP contribution in [0.5, 0.6) is 0 Å². The van der Waals surface area contributed by atoms with Crippen LogP contribution in [0.1, 0.15) is 24.3 Å². The van der Waals surface area contributed by atoms with Crippen LogP contribution in [0.3, 0.4) is 0 Å². The highest BCUT2D eigenvalue weighted by molar-refractivity contribution is 7.89. The maximum absolute atomic E-state index is 12.2. The van der Waals surface area contributed by atoms with E-state index in [9.17, 15) is 8.42 Å².